The predicted molar refractivity (Wildman–Crippen MR) is 79.0 cm³/mol. The van der Waals surface area contributed by atoms with Gasteiger partial charge >= 0.3 is 0 Å². The Labute approximate surface area is 122 Å². The monoisotopic (exact) mass is 339 g/mol. The quantitative estimate of drug-likeness (QED) is 0.378. The van der Waals surface area contributed by atoms with E-state index >= 15 is 0 Å². The molecule has 0 aromatic rings. The van der Waals surface area contributed by atoms with Crippen LogP contribution in [0.5, 0.6) is 0 Å². The molecule has 1 amide bonds. The van der Waals surface area contributed by atoms with E-state index in [2.05, 4.69) is 12.0 Å². The summed E-state index contributed by atoms with van der Waals surface area (Å²) in [7, 11) is 0. The van der Waals surface area contributed by atoms with Crippen molar-refractivity contribution in [3.63, 3.8) is 0 Å². The summed E-state index contributed by atoms with van der Waals surface area (Å²) in [5.74, 6) is -0.731. The van der Waals surface area contributed by atoms with E-state index in [-0.39, 0.29) is 0 Å². The molecule has 0 saturated carbocycles. The van der Waals surface area contributed by atoms with Crippen molar-refractivity contribution in [3.8, 4) is 0 Å². The van der Waals surface area contributed by atoms with Crippen LogP contribution >= 0.6 is 41.3 Å². The van der Waals surface area contributed by atoms with Gasteiger partial charge in [-0.15, -0.1) is 11.6 Å². The maximum Gasteiger partial charge on any atom is 0.263 e. The summed E-state index contributed by atoms with van der Waals surface area (Å²) < 4.78 is -1.77. The fourth-order valence-electron chi connectivity index (χ4n) is 1.13. The Morgan fingerprint density at radius 1 is 1.47 bits per heavy atom. The molecule has 0 spiro atoms. The van der Waals surface area contributed by atoms with Crippen molar-refractivity contribution in [2.45, 2.75) is 42.3 Å². The highest BCUT2D eigenvalue weighted by atomic mass is 35.5. The number of rotatable bonds is 7. The molecule has 0 fully saturated rings. The molecule has 0 rings (SSSR count). The topological polar surface area (TPSA) is 81.1 Å². The first-order valence-corrected chi connectivity index (χ1v) is 9.26. The lowest BCUT2D eigenvalue weighted by atomic mass is 10.1. The zero-order valence-electron chi connectivity index (χ0n) is 9.46. The first kappa shape index (κ1) is 17.9. The number of unbranched alkanes of at least 4 members (excludes halogenated alkanes) is 2. The van der Waals surface area contributed by atoms with Gasteiger partial charge in [-0.3, -0.25) is 15.8 Å². The number of hydrogen-bond acceptors (Lipinski definition) is 2. The van der Waals surface area contributed by atoms with Gasteiger partial charge in [0, 0.05) is 0 Å². The van der Waals surface area contributed by atoms with Crippen LogP contribution in [0.3, 0.4) is 0 Å². The van der Waals surface area contributed by atoms with Crippen LogP contribution in [0.25, 0.3) is 0 Å². The van der Waals surface area contributed by atoms with Gasteiger partial charge in [-0.25, -0.2) is 0 Å². The summed E-state index contributed by atoms with van der Waals surface area (Å²) in [6.45, 7) is -0.824. The zero-order chi connectivity index (χ0) is 13.7. The van der Waals surface area contributed by atoms with E-state index in [0.29, 0.717) is 6.42 Å². The minimum atomic E-state index is -2.88. The summed E-state index contributed by atoms with van der Waals surface area (Å²) in [6.07, 6.45) is 3.42. The lowest BCUT2D eigenvalue weighted by Gasteiger charge is -2.25. The second-order valence-corrected chi connectivity index (χ2v) is 9.10. The maximum absolute atomic E-state index is 11.7. The number of amides is 1. The third kappa shape index (κ3) is 7.16. The Balaban J connectivity index is 4.43. The van der Waals surface area contributed by atoms with E-state index in [4.69, 9.17) is 57.6 Å². The van der Waals surface area contributed by atoms with E-state index in [9.17, 15) is 4.79 Å². The summed E-state index contributed by atoms with van der Waals surface area (Å²) in [5.41, 5.74) is 10.7. The maximum atomic E-state index is 11.7. The highest BCUT2D eigenvalue weighted by molar-refractivity contribution is 8.11. The third-order valence-corrected chi connectivity index (χ3v) is 4.50. The molecule has 0 aromatic heterocycles. The van der Waals surface area contributed by atoms with Gasteiger partial charge in [0.15, 0.2) is 6.49 Å². The molecule has 0 aromatic carbocycles. The van der Waals surface area contributed by atoms with Gasteiger partial charge in [0.05, 0.1) is 5.38 Å². The summed E-state index contributed by atoms with van der Waals surface area (Å²) in [6, 6.07) is 0. The molecule has 5 N–H and O–H groups in total. The number of carbonyl (C=O) groups is 1. The Hall–Kier alpha value is 0.910. The molecule has 4 nitrogen and oxygen atoms in total. The van der Waals surface area contributed by atoms with Gasteiger partial charge in [-0.2, -0.15) is 0 Å². The smallest absolute Gasteiger partial charge is 0.263 e. The van der Waals surface area contributed by atoms with Crippen LogP contribution in [0, 0.1) is 0 Å². The molecule has 0 heterocycles. The Bertz CT molecular complexity index is 310. The molecular formula is C8H17Cl3N3OPS. The summed E-state index contributed by atoms with van der Waals surface area (Å²) >= 11 is 22.5. The first-order chi connectivity index (χ1) is 7.61. The average Bonchev–Trinajstić information content (AvgIpc) is 2.15. The van der Waals surface area contributed by atoms with Crippen molar-refractivity contribution < 1.29 is 4.79 Å². The molecule has 1 unspecified atom stereocenters. The van der Waals surface area contributed by atoms with E-state index in [1.807, 2.05) is 0 Å². The minimum absolute atomic E-state index is 0.536. The van der Waals surface area contributed by atoms with Gasteiger partial charge in [0.2, 0.25) is 4.33 Å². The van der Waals surface area contributed by atoms with E-state index < -0.39 is 22.1 Å². The summed E-state index contributed by atoms with van der Waals surface area (Å²) in [4.78, 5) is 11.7. The van der Waals surface area contributed by atoms with Crippen LogP contribution in [-0.2, 0) is 16.6 Å². The number of carbonyl (C=O) groups excluding carboxylic acids is 1. The third-order valence-electron chi connectivity index (χ3n) is 2.03. The van der Waals surface area contributed by atoms with Gasteiger partial charge in [0.1, 0.15) is 0 Å². The number of halogens is 3. The van der Waals surface area contributed by atoms with Crippen molar-refractivity contribution in [1.29, 1.82) is 0 Å². The van der Waals surface area contributed by atoms with Gasteiger partial charge in [0.25, 0.3) is 5.91 Å². The van der Waals surface area contributed by atoms with Gasteiger partial charge in [-0.1, -0.05) is 49.4 Å². The number of nitrogens with two attached hydrogens (primary N) is 2. The van der Waals surface area contributed by atoms with Crippen molar-refractivity contribution in [2.24, 2.45) is 11.0 Å². The number of nitrogens with one attached hydrogen (secondary N) is 1. The van der Waals surface area contributed by atoms with Crippen LogP contribution in [0.1, 0.15) is 32.6 Å². The number of hydrogen-bond donors (Lipinski definition) is 3. The molecule has 0 aliphatic heterocycles. The van der Waals surface area contributed by atoms with E-state index in [0.717, 1.165) is 19.3 Å². The standard InChI is InChI=1S/C8H17Cl3N3OPS/c1-2-3-4-5-6(9)8(10,11)7(15)14-16(12,13)17/h6H,2-5H2,1H3,(H5,12,13,14,15,17). The lowest BCUT2D eigenvalue weighted by Crippen LogP contribution is -2.45. The van der Waals surface area contributed by atoms with E-state index in [1.54, 1.807) is 0 Å². The highest BCUT2D eigenvalue weighted by Gasteiger charge is 2.42. The number of alkyl halides is 3. The molecule has 9 heteroatoms. The largest absolute Gasteiger partial charge is 0.303 e. The SMILES string of the molecule is CCCCCC(Cl)C(Cl)(Cl)C(=O)NP(N)(N)=S. The second-order valence-electron chi connectivity index (χ2n) is 3.74. The molecule has 17 heavy (non-hydrogen) atoms. The van der Waals surface area contributed by atoms with Crippen molar-refractivity contribution in [1.82, 2.24) is 5.09 Å². The van der Waals surface area contributed by atoms with Crippen molar-refractivity contribution in [2.75, 3.05) is 0 Å². The van der Waals surface area contributed by atoms with Crippen LogP contribution in [0.2, 0.25) is 0 Å². The fraction of sp³-hybridized carbons (Fsp3) is 0.875. The molecule has 0 aliphatic carbocycles. The Kier molecular flexibility index (Phi) is 7.89. The van der Waals surface area contributed by atoms with Crippen molar-refractivity contribution in [3.05, 3.63) is 0 Å². The fourth-order valence-corrected chi connectivity index (χ4v) is 2.57. The minimum Gasteiger partial charge on any atom is -0.303 e. The molecule has 0 aliphatic rings. The van der Waals surface area contributed by atoms with Crippen LogP contribution in [0.15, 0.2) is 0 Å². The molecule has 1 atom stereocenters. The molecular weight excluding hydrogens is 324 g/mol. The zero-order valence-corrected chi connectivity index (χ0v) is 13.4. The molecule has 0 bridgehead atoms. The molecule has 0 radical (unpaired) electrons. The average molecular weight is 341 g/mol. The first-order valence-electron chi connectivity index (χ1n) is 5.13. The Morgan fingerprint density at radius 2 is 2.00 bits per heavy atom. The summed E-state index contributed by atoms with van der Waals surface area (Å²) in [5, 5.41) is 1.52. The highest BCUT2D eigenvalue weighted by Crippen LogP contribution is 2.35. The second kappa shape index (κ2) is 7.49. The molecule has 0 saturated heterocycles. The van der Waals surface area contributed by atoms with Crippen LogP contribution < -0.4 is 16.1 Å². The lowest BCUT2D eigenvalue weighted by molar-refractivity contribution is -0.120. The normalized spacial score (nSPS) is 14.5. The molecule has 102 valence electrons. The van der Waals surface area contributed by atoms with Crippen LogP contribution in [0.4, 0.5) is 0 Å². The Morgan fingerprint density at radius 3 is 2.41 bits per heavy atom. The van der Waals surface area contributed by atoms with Gasteiger partial charge in [-0.05, 0) is 18.2 Å². The van der Waals surface area contributed by atoms with Crippen LogP contribution in [-0.4, -0.2) is 15.6 Å². The van der Waals surface area contributed by atoms with Crippen molar-refractivity contribution >= 4 is 59.0 Å². The predicted octanol–water partition coefficient (Wildman–Crippen LogP) is 2.61. The van der Waals surface area contributed by atoms with Gasteiger partial charge < -0.3 is 5.09 Å². The van der Waals surface area contributed by atoms with E-state index in [1.165, 1.54) is 0 Å².